The number of hydrogen-bond acceptors (Lipinski definition) is 7. The van der Waals surface area contributed by atoms with Gasteiger partial charge < -0.3 is 14.4 Å². The molecule has 0 spiro atoms. The minimum absolute atomic E-state index is 0.214. The number of pyridine rings is 1. The van der Waals surface area contributed by atoms with E-state index in [1.165, 1.54) is 17.5 Å². The van der Waals surface area contributed by atoms with E-state index in [1.54, 1.807) is 11.3 Å². The molecule has 3 aromatic heterocycles. The molecular weight excluding hydrogens is 372 g/mol. The minimum Gasteiger partial charge on any atom is -0.378 e. The normalized spacial score (nSPS) is 19.9. The molecule has 5 heterocycles. The van der Waals surface area contributed by atoms with Crippen molar-refractivity contribution in [2.24, 2.45) is 0 Å². The van der Waals surface area contributed by atoms with E-state index in [2.05, 4.69) is 28.7 Å². The molecule has 1 fully saturated rings. The first-order valence-electron chi connectivity index (χ1n) is 8.74. The molecule has 0 bridgehead atoms. The van der Waals surface area contributed by atoms with Gasteiger partial charge in [-0.2, -0.15) is 0 Å². The third-order valence-corrected chi connectivity index (χ3v) is 6.55. The monoisotopic (exact) mass is 390 g/mol. The van der Waals surface area contributed by atoms with Crippen molar-refractivity contribution in [3.05, 3.63) is 22.6 Å². The third kappa shape index (κ3) is 2.57. The van der Waals surface area contributed by atoms with Crippen LogP contribution in [0.15, 0.2) is 6.33 Å². The van der Waals surface area contributed by atoms with Gasteiger partial charge in [0.25, 0.3) is 0 Å². The Morgan fingerprint density at radius 2 is 2.00 bits per heavy atom. The molecule has 0 saturated carbocycles. The Morgan fingerprint density at radius 3 is 2.81 bits per heavy atom. The lowest BCUT2D eigenvalue weighted by molar-refractivity contribution is -0.0396. The zero-order chi connectivity index (χ0) is 17.9. The first kappa shape index (κ1) is 16.6. The summed E-state index contributed by atoms with van der Waals surface area (Å²) in [5, 5.41) is 1.60. The topological polar surface area (TPSA) is 60.4 Å². The molecule has 26 heavy (non-hydrogen) atoms. The van der Waals surface area contributed by atoms with E-state index in [-0.39, 0.29) is 5.60 Å². The predicted molar refractivity (Wildman–Crippen MR) is 103 cm³/mol. The van der Waals surface area contributed by atoms with Crippen LogP contribution in [0.25, 0.3) is 20.4 Å². The van der Waals surface area contributed by atoms with Crippen molar-refractivity contribution < 1.29 is 9.47 Å². The average molecular weight is 391 g/mol. The highest BCUT2D eigenvalue weighted by atomic mass is 35.5. The van der Waals surface area contributed by atoms with E-state index in [0.29, 0.717) is 11.8 Å². The van der Waals surface area contributed by atoms with E-state index in [1.807, 2.05) is 0 Å². The quantitative estimate of drug-likeness (QED) is 0.592. The Hall–Kier alpha value is -1.54. The molecular formula is C18H19ClN4O2S. The number of rotatable bonds is 1. The molecule has 2 aliphatic rings. The second-order valence-corrected chi connectivity index (χ2v) is 8.70. The number of fused-ring (bicyclic) bond motifs is 5. The number of thiophene rings is 1. The summed E-state index contributed by atoms with van der Waals surface area (Å²) in [7, 11) is 0. The standard InChI is InChI=1S/C18H19ClN4O2S/c1-18(2)7-10-11(8-25-18)16(23-3-5-24-6-4-23)22-17-12(10)13-14(26-17)15(19)21-9-20-13/h9H,3-8H2,1-2H3. The van der Waals surface area contributed by atoms with Gasteiger partial charge in [-0.3, -0.25) is 0 Å². The molecule has 2 aliphatic heterocycles. The maximum absolute atomic E-state index is 6.34. The van der Waals surface area contributed by atoms with Gasteiger partial charge in [0.15, 0.2) is 0 Å². The van der Waals surface area contributed by atoms with Crippen molar-refractivity contribution in [3.63, 3.8) is 0 Å². The maximum atomic E-state index is 6.34. The van der Waals surface area contributed by atoms with Crippen molar-refractivity contribution in [1.29, 1.82) is 0 Å². The lowest BCUT2D eigenvalue weighted by atomic mass is 9.90. The number of ether oxygens (including phenoxy) is 2. The Labute approximate surface area is 160 Å². The fourth-order valence-electron chi connectivity index (χ4n) is 3.80. The summed E-state index contributed by atoms with van der Waals surface area (Å²) in [6, 6.07) is 0. The molecule has 0 atom stereocenters. The van der Waals surface area contributed by atoms with Crippen molar-refractivity contribution in [2.45, 2.75) is 32.5 Å². The van der Waals surface area contributed by atoms with Gasteiger partial charge in [-0.15, -0.1) is 11.3 Å². The number of hydrogen-bond donors (Lipinski definition) is 0. The van der Waals surface area contributed by atoms with Crippen molar-refractivity contribution >= 4 is 49.2 Å². The largest absolute Gasteiger partial charge is 0.378 e. The molecule has 6 nitrogen and oxygen atoms in total. The summed E-state index contributed by atoms with van der Waals surface area (Å²) in [5.41, 5.74) is 3.15. The smallest absolute Gasteiger partial charge is 0.150 e. The second kappa shape index (κ2) is 5.99. The number of halogens is 1. The number of morpholine rings is 1. The molecule has 0 N–H and O–H groups in total. The molecule has 3 aromatic rings. The second-order valence-electron chi connectivity index (χ2n) is 7.34. The van der Waals surface area contributed by atoms with Gasteiger partial charge >= 0.3 is 0 Å². The van der Waals surface area contributed by atoms with Crippen LogP contribution in [-0.2, 0) is 22.5 Å². The molecule has 0 unspecified atom stereocenters. The number of nitrogens with zero attached hydrogens (tertiary/aromatic N) is 4. The van der Waals surface area contributed by atoms with Crippen LogP contribution < -0.4 is 4.90 Å². The molecule has 0 amide bonds. The van der Waals surface area contributed by atoms with Crippen LogP contribution in [0, 0.1) is 0 Å². The Balaban J connectivity index is 1.82. The fraction of sp³-hybridized carbons (Fsp3) is 0.500. The predicted octanol–water partition coefficient (Wildman–Crippen LogP) is 3.58. The van der Waals surface area contributed by atoms with Gasteiger partial charge in [-0.1, -0.05) is 11.6 Å². The van der Waals surface area contributed by atoms with E-state index in [0.717, 1.165) is 59.0 Å². The van der Waals surface area contributed by atoms with Gasteiger partial charge in [-0.05, 0) is 19.4 Å². The fourth-order valence-corrected chi connectivity index (χ4v) is 5.08. The number of anilines is 1. The maximum Gasteiger partial charge on any atom is 0.150 e. The minimum atomic E-state index is -0.214. The van der Waals surface area contributed by atoms with Crippen LogP contribution >= 0.6 is 22.9 Å². The summed E-state index contributed by atoms with van der Waals surface area (Å²) in [6.45, 7) is 7.98. The average Bonchev–Trinajstić information content (AvgIpc) is 3.01. The molecule has 1 saturated heterocycles. The summed E-state index contributed by atoms with van der Waals surface area (Å²) < 4.78 is 12.6. The van der Waals surface area contributed by atoms with Crippen LogP contribution in [0.3, 0.4) is 0 Å². The molecule has 0 aromatic carbocycles. The summed E-state index contributed by atoms with van der Waals surface area (Å²) >= 11 is 7.91. The summed E-state index contributed by atoms with van der Waals surface area (Å²) in [6.07, 6.45) is 2.36. The van der Waals surface area contributed by atoms with Gasteiger partial charge in [-0.25, -0.2) is 15.0 Å². The first-order chi connectivity index (χ1) is 12.5. The van der Waals surface area contributed by atoms with Gasteiger partial charge in [0, 0.05) is 30.5 Å². The lowest BCUT2D eigenvalue weighted by Gasteiger charge is -2.36. The highest BCUT2D eigenvalue weighted by Crippen LogP contribution is 2.43. The van der Waals surface area contributed by atoms with Crippen LogP contribution in [0.5, 0.6) is 0 Å². The highest BCUT2D eigenvalue weighted by molar-refractivity contribution is 7.26. The zero-order valence-electron chi connectivity index (χ0n) is 14.7. The van der Waals surface area contributed by atoms with Crippen molar-refractivity contribution in [2.75, 3.05) is 31.2 Å². The van der Waals surface area contributed by atoms with Crippen LogP contribution in [-0.4, -0.2) is 46.9 Å². The van der Waals surface area contributed by atoms with E-state index >= 15 is 0 Å². The molecule has 136 valence electrons. The van der Waals surface area contributed by atoms with E-state index in [9.17, 15) is 0 Å². The van der Waals surface area contributed by atoms with E-state index in [4.69, 9.17) is 26.1 Å². The van der Waals surface area contributed by atoms with Crippen LogP contribution in [0.2, 0.25) is 5.15 Å². The molecule has 0 aliphatic carbocycles. The molecule has 8 heteroatoms. The van der Waals surface area contributed by atoms with Gasteiger partial charge in [0.1, 0.15) is 22.1 Å². The Kier molecular flexibility index (Phi) is 3.83. The number of aromatic nitrogens is 3. The lowest BCUT2D eigenvalue weighted by Crippen LogP contribution is -2.39. The summed E-state index contributed by atoms with van der Waals surface area (Å²) in [5.74, 6) is 1.02. The zero-order valence-corrected chi connectivity index (χ0v) is 16.3. The Bertz CT molecular complexity index is 1010. The van der Waals surface area contributed by atoms with Crippen molar-refractivity contribution in [1.82, 2.24) is 15.0 Å². The highest BCUT2D eigenvalue weighted by Gasteiger charge is 2.33. The van der Waals surface area contributed by atoms with E-state index < -0.39 is 0 Å². The molecule has 5 rings (SSSR count). The summed E-state index contributed by atoms with van der Waals surface area (Å²) in [4.78, 5) is 17.0. The first-order valence-corrected chi connectivity index (χ1v) is 9.94. The van der Waals surface area contributed by atoms with Crippen LogP contribution in [0.4, 0.5) is 5.82 Å². The molecule has 0 radical (unpaired) electrons. The third-order valence-electron chi connectivity index (χ3n) is 5.07. The SMILES string of the molecule is CC1(C)Cc2c(c(N3CCOCC3)nc3sc4c(Cl)ncnc4c23)CO1. The van der Waals surface area contributed by atoms with Crippen molar-refractivity contribution in [3.8, 4) is 0 Å². The van der Waals surface area contributed by atoms with Gasteiger partial charge in [0.2, 0.25) is 0 Å². The van der Waals surface area contributed by atoms with Crippen LogP contribution in [0.1, 0.15) is 25.0 Å². The van der Waals surface area contributed by atoms with Gasteiger partial charge in [0.05, 0.1) is 35.6 Å². The Morgan fingerprint density at radius 1 is 1.19 bits per heavy atom.